The van der Waals surface area contributed by atoms with Gasteiger partial charge in [0.2, 0.25) is 0 Å². The van der Waals surface area contributed by atoms with Gasteiger partial charge in [0, 0.05) is 25.2 Å². The van der Waals surface area contributed by atoms with E-state index in [9.17, 15) is 0 Å². The molecule has 0 amide bonds. The van der Waals surface area contributed by atoms with Crippen molar-refractivity contribution in [1.82, 2.24) is 0 Å². The highest BCUT2D eigenvalue weighted by atomic mass is 16.6. The van der Waals surface area contributed by atoms with E-state index >= 15 is 0 Å². The first-order chi connectivity index (χ1) is 7.35. The van der Waals surface area contributed by atoms with E-state index in [2.05, 4.69) is 27.7 Å². The van der Waals surface area contributed by atoms with Gasteiger partial charge in [0.05, 0.1) is 0 Å². The summed E-state index contributed by atoms with van der Waals surface area (Å²) in [7, 11) is -0.381. The third-order valence-electron chi connectivity index (χ3n) is 2.62. The summed E-state index contributed by atoms with van der Waals surface area (Å²) in [4.78, 5) is 0. The fraction of sp³-hybridized carbons (Fsp3) is 1.00. The molecule has 6 heteroatoms. The Labute approximate surface area is 99.1 Å². The van der Waals surface area contributed by atoms with Crippen molar-refractivity contribution in [3.8, 4) is 0 Å². The molecule has 0 aromatic heterocycles. The van der Waals surface area contributed by atoms with Gasteiger partial charge in [-0.3, -0.25) is 0 Å². The summed E-state index contributed by atoms with van der Waals surface area (Å²) < 4.78 is 16.4. The Kier molecular flexibility index (Phi) is 4.86. The monoisotopic (exact) mass is 228 g/mol. The van der Waals surface area contributed by atoms with Gasteiger partial charge in [0.1, 0.15) is 0 Å². The first-order valence-corrected chi connectivity index (χ1v) is 5.76. The summed E-state index contributed by atoms with van der Waals surface area (Å²) in [6, 6.07) is 0. The molecule has 0 radical (unpaired) electrons. The van der Waals surface area contributed by atoms with Crippen LogP contribution in [0.15, 0.2) is 0 Å². The molecular weight excluding hydrogens is 206 g/mol. The van der Waals surface area contributed by atoms with E-state index in [0.717, 1.165) is 19.5 Å². The lowest BCUT2D eigenvalue weighted by molar-refractivity contribution is 0.0224. The molecule has 0 atom stereocenters. The Bertz CT molecular complexity index is 211. The van der Waals surface area contributed by atoms with Crippen molar-refractivity contribution >= 4 is 14.8 Å². The average Bonchev–Trinajstić information content (AvgIpc) is 2.18. The van der Waals surface area contributed by atoms with E-state index in [0.29, 0.717) is 6.61 Å². The molecule has 0 aromatic rings. The second kappa shape index (κ2) is 5.54. The normalized spacial score (nSPS) is 20.9. The zero-order chi connectivity index (χ0) is 12.2. The van der Waals surface area contributed by atoms with E-state index in [-0.39, 0.29) is 25.6 Å². The van der Waals surface area contributed by atoms with Crippen LogP contribution in [0.5, 0.6) is 0 Å². The predicted octanol–water partition coefficient (Wildman–Crippen LogP) is 0.849. The van der Waals surface area contributed by atoms with Crippen molar-refractivity contribution in [2.75, 3.05) is 19.8 Å². The molecule has 0 aromatic carbocycles. The predicted molar refractivity (Wildman–Crippen MR) is 65.3 cm³/mol. The fourth-order valence-corrected chi connectivity index (χ4v) is 1.68. The minimum atomic E-state index is -0.233. The molecule has 1 rings (SSSR count). The minimum absolute atomic E-state index is 0.0467. The van der Waals surface area contributed by atoms with Crippen LogP contribution in [-0.4, -0.2) is 39.6 Å². The smallest absolute Gasteiger partial charge is 0.430 e. The maximum atomic E-state index is 8.62. The molecule has 4 nitrogen and oxygen atoms in total. The van der Waals surface area contributed by atoms with Crippen molar-refractivity contribution in [2.45, 2.75) is 34.0 Å². The third-order valence-corrected chi connectivity index (χ3v) is 2.62. The van der Waals surface area contributed by atoms with Crippen LogP contribution in [0.4, 0.5) is 0 Å². The van der Waals surface area contributed by atoms with E-state index in [1.54, 1.807) is 0 Å². The van der Waals surface area contributed by atoms with Crippen molar-refractivity contribution in [3.63, 3.8) is 0 Å². The Hall–Kier alpha value is -0.0301. The van der Waals surface area contributed by atoms with Gasteiger partial charge in [-0.25, -0.2) is 0 Å². The van der Waals surface area contributed by atoms with Crippen LogP contribution in [0.3, 0.4) is 0 Å². The summed E-state index contributed by atoms with van der Waals surface area (Å²) >= 11 is 0. The number of hydrogen-bond donors (Lipinski definition) is 1. The van der Waals surface area contributed by atoms with Crippen molar-refractivity contribution in [1.29, 1.82) is 0 Å². The molecule has 1 fully saturated rings. The van der Waals surface area contributed by atoms with Crippen LogP contribution >= 0.6 is 0 Å². The van der Waals surface area contributed by atoms with Gasteiger partial charge in [-0.05, 0) is 11.7 Å². The lowest BCUT2D eigenvalue weighted by Gasteiger charge is -2.36. The number of hydrogen-bond acceptors (Lipinski definition) is 4. The van der Waals surface area contributed by atoms with Crippen molar-refractivity contribution in [2.24, 2.45) is 10.8 Å². The Morgan fingerprint density at radius 1 is 1.38 bits per heavy atom. The highest BCUT2D eigenvalue weighted by Crippen LogP contribution is 2.29. The zero-order valence-corrected chi connectivity index (χ0v) is 10.8. The summed E-state index contributed by atoms with van der Waals surface area (Å²) in [6.07, 6.45) is 0.781. The Balaban J connectivity index is 2.32. The minimum Gasteiger partial charge on any atom is -0.430 e. The van der Waals surface area contributed by atoms with Gasteiger partial charge in [-0.1, -0.05) is 27.7 Å². The van der Waals surface area contributed by atoms with Crippen LogP contribution in [-0.2, 0) is 14.0 Å². The summed E-state index contributed by atoms with van der Waals surface area (Å²) in [5.74, 6) is 0. The molecule has 0 spiro atoms. The molecule has 16 heavy (non-hydrogen) atoms. The van der Waals surface area contributed by atoms with E-state index in [4.69, 9.17) is 19.0 Å². The molecule has 1 saturated heterocycles. The van der Waals surface area contributed by atoms with Gasteiger partial charge in [0.25, 0.3) is 0 Å². The van der Waals surface area contributed by atoms with Crippen LogP contribution in [0.25, 0.3) is 0 Å². The zero-order valence-electron chi connectivity index (χ0n) is 10.8. The van der Waals surface area contributed by atoms with Gasteiger partial charge >= 0.3 is 14.8 Å². The lowest BCUT2D eigenvalue weighted by Crippen LogP contribution is -2.43. The molecule has 0 aliphatic carbocycles. The summed E-state index contributed by atoms with van der Waals surface area (Å²) in [5, 5.41) is 8.62. The van der Waals surface area contributed by atoms with E-state index in [1.165, 1.54) is 0 Å². The highest BCUT2D eigenvalue weighted by Gasteiger charge is 2.36. The summed E-state index contributed by atoms with van der Waals surface area (Å²) in [6.45, 7) is 10.4. The third kappa shape index (κ3) is 4.87. The maximum absolute atomic E-state index is 8.62. The van der Waals surface area contributed by atoms with Gasteiger partial charge < -0.3 is 19.0 Å². The topological polar surface area (TPSA) is 47.9 Å². The fourth-order valence-electron chi connectivity index (χ4n) is 1.68. The average molecular weight is 228 g/mol. The van der Waals surface area contributed by atoms with Crippen LogP contribution < -0.4 is 0 Å². The molecule has 1 heterocycles. The van der Waals surface area contributed by atoms with Crippen molar-refractivity contribution in [3.05, 3.63) is 0 Å². The molecule has 1 aliphatic heterocycles. The van der Waals surface area contributed by atoms with E-state index in [1.807, 2.05) is 0 Å². The standard InChI is InChI=1S/C10H22B2O4/c1-9(2,6-14-11-13)5-12-15-7-10(3,4)8-16-12/h11,13H,5-8H2,1-4H3. The molecule has 1 N–H and O–H groups in total. The highest BCUT2D eigenvalue weighted by molar-refractivity contribution is 6.44. The first-order valence-electron chi connectivity index (χ1n) is 5.76. The van der Waals surface area contributed by atoms with Crippen LogP contribution in [0, 0.1) is 10.8 Å². The molecule has 92 valence electrons. The maximum Gasteiger partial charge on any atom is 0.457 e. The van der Waals surface area contributed by atoms with Crippen LogP contribution in [0.2, 0.25) is 6.32 Å². The van der Waals surface area contributed by atoms with Gasteiger partial charge in [-0.2, -0.15) is 0 Å². The molecule has 0 saturated carbocycles. The van der Waals surface area contributed by atoms with Crippen LogP contribution in [0.1, 0.15) is 27.7 Å². The lowest BCUT2D eigenvalue weighted by atomic mass is 9.68. The van der Waals surface area contributed by atoms with Gasteiger partial charge in [0.15, 0.2) is 0 Å². The molecular formula is C10H22B2O4. The Morgan fingerprint density at radius 2 is 1.94 bits per heavy atom. The second-order valence-electron chi connectivity index (χ2n) is 6.06. The second-order valence-corrected chi connectivity index (χ2v) is 6.06. The Morgan fingerprint density at radius 3 is 2.44 bits per heavy atom. The summed E-state index contributed by atoms with van der Waals surface area (Å²) in [5.41, 5.74) is 0.0666. The quantitative estimate of drug-likeness (QED) is 0.708. The first kappa shape index (κ1) is 14.0. The van der Waals surface area contributed by atoms with Crippen molar-refractivity contribution < 1.29 is 19.0 Å². The largest absolute Gasteiger partial charge is 0.457 e. The van der Waals surface area contributed by atoms with E-state index < -0.39 is 0 Å². The van der Waals surface area contributed by atoms with Gasteiger partial charge in [-0.15, -0.1) is 0 Å². The molecule has 1 aliphatic rings. The number of rotatable bonds is 5. The molecule has 0 unspecified atom stereocenters. The SMILES string of the molecule is CC1(C)COB(CC(C)(C)COBO)OC1. The molecule has 0 bridgehead atoms.